The Morgan fingerprint density at radius 3 is 2.05 bits per heavy atom. The largest absolute Gasteiger partial charge is 1.00 e. The molecule has 0 bridgehead atoms. The smallest absolute Gasteiger partial charge is 0.550 e. The molecule has 0 spiro atoms. The number of carboxylic acid groups (broad SMARTS) is 2. The van der Waals surface area contributed by atoms with Crippen molar-refractivity contribution in [1.82, 2.24) is 5.32 Å². The zero-order valence-corrected chi connectivity index (χ0v) is 15.4. The topological polar surface area (TPSA) is 109 Å². The van der Waals surface area contributed by atoms with Gasteiger partial charge >= 0.3 is 59.1 Å². The Kier molecular flexibility index (Phi) is 12.4. The molecule has 0 aliphatic carbocycles. The summed E-state index contributed by atoms with van der Waals surface area (Å²) in [5.41, 5.74) is 0.289. The number of carbonyl (C=O) groups excluding carboxylic acids is 3. The van der Waals surface area contributed by atoms with Crippen molar-refractivity contribution in [2.45, 2.75) is 18.9 Å². The number of benzene rings is 1. The molecule has 1 N–H and O–H groups in total. The van der Waals surface area contributed by atoms with E-state index >= 15 is 0 Å². The SMILES string of the molecule is O=C([O-])CC[C@H](NC(=O)c1ccccc1)C(=O)[O-].[Na+].[Na+]. The van der Waals surface area contributed by atoms with Crippen molar-refractivity contribution in [2.24, 2.45) is 0 Å². The second kappa shape index (κ2) is 11.3. The van der Waals surface area contributed by atoms with Crippen LogP contribution in [-0.4, -0.2) is 23.9 Å². The van der Waals surface area contributed by atoms with Gasteiger partial charge in [-0.15, -0.1) is 0 Å². The van der Waals surface area contributed by atoms with Gasteiger partial charge in [0, 0.05) is 11.5 Å². The second-order valence-corrected chi connectivity index (χ2v) is 3.62. The van der Waals surface area contributed by atoms with E-state index in [4.69, 9.17) is 0 Å². The van der Waals surface area contributed by atoms with Crippen LogP contribution in [0.25, 0.3) is 0 Å². The van der Waals surface area contributed by atoms with Gasteiger partial charge < -0.3 is 25.1 Å². The predicted molar refractivity (Wildman–Crippen MR) is 56.9 cm³/mol. The number of hydrogen-bond donors (Lipinski definition) is 1. The summed E-state index contributed by atoms with van der Waals surface area (Å²) in [7, 11) is 0. The van der Waals surface area contributed by atoms with Gasteiger partial charge in [0.2, 0.25) is 0 Å². The normalized spacial score (nSPS) is 10.4. The minimum Gasteiger partial charge on any atom is -0.550 e. The summed E-state index contributed by atoms with van der Waals surface area (Å²) < 4.78 is 0. The van der Waals surface area contributed by atoms with E-state index in [0.717, 1.165) is 0 Å². The minimum atomic E-state index is -1.53. The molecule has 8 heteroatoms. The molecule has 1 rings (SSSR count). The number of carbonyl (C=O) groups is 3. The van der Waals surface area contributed by atoms with E-state index in [0.29, 0.717) is 0 Å². The molecule has 0 fully saturated rings. The van der Waals surface area contributed by atoms with E-state index in [2.05, 4.69) is 5.32 Å². The third-order valence-electron chi connectivity index (χ3n) is 2.26. The Morgan fingerprint density at radius 1 is 1.05 bits per heavy atom. The number of rotatable bonds is 6. The number of carboxylic acids is 2. The summed E-state index contributed by atoms with van der Waals surface area (Å²) >= 11 is 0. The number of nitrogens with one attached hydrogen (secondary N) is 1. The van der Waals surface area contributed by atoms with Crippen LogP contribution in [0.2, 0.25) is 0 Å². The fourth-order valence-electron chi connectivity index (χ4n) is 1.34. The average Bonchev–Trinajstić information content (AvgIpc) is 2.34. The number of hydrogen-bond acceptors (Lipinski definition) is 5. The molecule has 96 valence electrons. The molecule has 1 amide bonds. The molecule has 1 aromatic rings. The van der Waals surface area contributed by atoms with Crippen LogP contribution >= 0.6 is 0 Å². The first-order valence-electron chi connectivity index (χ1n) is 5.27. The van der Waals surface area contributed by atoms with E-state index in [1.54, 1.807) is 18.2 Å². The molecule has 20 heavy (non-hydrogen) atoms. The van der Waals surface area contributed by atoms with Gasteiger partial charge in [-0.2, -0.15) is 0 Å². The summed E-state index contributed by atoms with van der Waals surface area (Å²) in [5.74, 6) is -3.50. The summed E-state index contributed by atoms with van der Waals surface area (Å²) in [4.78, 5) is 32.6. The molecular weight excluding hydrogens is 284 g/mol. The van der Waals surface area contributed by atoms with Crippen molar-refractivity contribution < 1.29 is 83.7 Å². The second-order valence-electron chi connectivity index (χ2n) is 3.62. The maximum Gasteiger partial charge on any atom is 1.00 e. The standard InChI is InChI=1S/C12H13NO5.2Na/c14-10(15)7-6-9(12(17)18)13-11(16)8-4-2-1-3-5-8;;/h1-5,9H,6-7H2,(H,13,16)(H,14,15)(H,17,18);;/q;2*+1/p-2/t9-;;/m0../s1. The first kappa shape index (κ1) is 21.9. The third kappa shape index (κ3) is 8.04. The molecule has 6 nitrogen and oxygen atoms in total. The van der Waals surface area contributed by atoms with Crippen LogP contribution in [0.15, 0.2) is 30.3 Å². The molecule has 0 saturated heterocycles. The van der Waals surface area contributed by atoms with Crippen molar-refractivity contribution in [3.05, 3.63) is 35.9 Å². The van der Waals surface area contributed by atoms with Crippen molar-refractivity contribution in [3.8, 4) is 0 Å². The Hall–Kier alpha value is -0.370. The molecule has 0 heterocycles. The van der Waals surface area contributed by atoms with Crippen molar-refractivity contribution >= 4 is 17.8 Å². The summed E-state index contributed by atoms with van der Waals surface area (Å²) in [6, 6.07) is 6.65. The van der Waals surface area contributed by atoms with E-state index in [9.17, 15) is 24.6 Å². The molecule has 0 aliphatic heterocycles. The monoisotopic (exact) mass is 295 g/mol. The first-order valence-corrected chi connectivity index (χ1v) is 5.27. The zero-order valence-electron chi connectivity index (χ0n) is 11.4. The Balaban J connectivity index is 0. The molecule has 0 aliphatic rings. The number of aliphatic carboxylic acids is 2. The molecule has 0 unspecified atom stereocenters. The van der Waals surface area contributed by atoms with Gasteiger partial charge in [-0.05, 0) is 25.0 Å². The van der Waals surface area contributed by atoms with Gasteiger partial charge in [0.1, 0.15) is 0 Å². The molecule has 0 aromatic heterocycles. The van der Waals surface area contributed by atoms with E-state index in [1.165, 1.54) is 12.1 Å². The van der Waals surface area contributed by atoms with Crippen molar-refractivity contribution in [1.29, 1.82) is 0 Å². The molecule has 1 aromatic carbocycles. The van der Waals surface area contributed by atoms with E-state index < -0.39 is 30.3 Å². The van der Waals surface area contributed by atoms with Crippen LogP contribution < -0.4 is 74.6 Å². The van der Waals surface area contributed by atoms with Crippen LogP contribution in [0, 0.1) is 0 Å². The Labute approximate surface area is 160 Å². The Morgan fingerprint density at radius 2 is 1.60 bits per heavy atom. The summed E-state index contributed by atoms with van der Waals surface area (Å²) in [6.45, 7) is 0. The fourth-order valence-corrected chi connectivity index (χ4v) is 1.34. The number of amides is 1. The Bertz CT molecular complexity index is 452. The van der Waals surface area contributed by atoms with Gasteiger partial charge in [-0.1, -0.05) is 18.2 Å². The molecule has 0 radical (unpaired) electrons. The van der Waals surface area contributed by atoms with Gasteiger partial charge in [-0.3, -0.25) is 4.79 Å². The van der Waals surface area contributed by atoms with Gasteiger partial charge in [0.05, 0.1) is 12.0 Å². The fraction of sp³-hybridized carbons (Fsp3) is 0.250. The maximum absolute atomic E-state index is 11.6. The van der Waals surface area contributed by atoms with Gasteiger partial charge in [0.25, 0.3) is 5.91 Å². The maximum atomic E-state index is 11.6. The quantitative estimate of drug-likeness (QED) is 0.524. The molecular formula is C12H11NNa2O5. The van der Waals surface area contributed by atoms with Crippen LogP contribution in [0.1, 0.15) is 23.2 Å². The average molecular weight is 295 g/mol. The summed E-state index contributed by atoms with van der Waals surface area (Å²) in [6.07, 6.45) is -0.739. The molecule has 0 saturated carbocycles. The first-order chi connectivity index (χ1) is 8.50. The zero-order chi connectivity index (χ0) is 13.5. The third-order valence-corrected chi connectivity index (χ3v) is 2.26. The van der Waals surface area contributed by atoms with Crippen molar-refractivity contribution in [3.63, 3.8) is 0 Å². The minimum absolute atomic E-state index is 0. The van der Waals surface area contributed by atoms with E-state index in [1.807, 2.05) is 0 Å². The molecule has 1 atom stereocenters. The van der Waals surface area contributed by atoms with Crippen LogP contribution in [0.5, 0.6) is 0 Å². The van der Waals surface area contributed by atoms with E-state index in [-0.39, 0.29) is 71.1 Å². The van der Waals surface area contributed by atoms with Gasteiger partial charge in [-0.25, -0.2) is 0 Å². The van der Waals surface area contributed by atoms with Crippen LogP contribution in [0.3, 0.4) is 0 Å². The van der Waals surface area contributed by atoms with Gasteiger partial charge in [0.15, 0.2) is 0 Å². The summed E-state index contributed by atoms with van der Waals surface area (Å²) in [5, 5.41) is 23.2. The van der Waals surface area contributed by atoms with Crippen LogP contribution in [0.4, 0.5) is 0 Å². The van der Waals surface area contributed by atoms with Crippen LogP contribution in [-0.2, 0) is 9.59 Å². The van der Waals surface area contributed by atoms with Crippen molar-refractivity contribution in [2.75, 3.05) is 0 Å². The predicted octanol–water partition coefficient (Wildman–Crippen LogP) is -7.93.